The first-order chi connectivity index (χ1) is 14.8. The topological polar surface area (TPSA) is 89.3 Å². The summed E-state index contributed by atoms with van der Waals surface area (Å²) in [4.78, 5) is 31.8. The molecule has 2 heterocycles. The third-order valence-electron chi connectivity index (χ3n) is 5.24. The molecule has 0 spiro atoms. The number of carbonyl (C=O) groups is 2. The van der Waals surface area contributed by atoms with Crippen molar-refractivity contribution in [2.24, 2.45) is 0 Å². The highest BCUT2D eigenvalue weighted by Crippen LogP contribution is 2.19. The van der Waals surface area contributed by atoms with E-state index in [9.17, 15) is 9.59 Å². The van der Waals surface area contributed by atoms with E-state index < -0.39 is 0 Å². The Morgan fingerprint density at radius 2 is 2.00 bits per heavy atom. The minimum Gasteiger partial charge on any atom is -0.383 e. The molecular weight excluding hydrogens is 394 g/mol. The number of pyridine rings is 1. The quantitative estimate of drug-likeness (QED) is 0.600. The fourth-order valence-corrected chi connectivity index (χ4v) is 3.32. The molecule has 0 atom stereocenters. The fraction of sp³-hybridized carbons (Fsp3) is 0.391. The molecule has 0 saturated heterocycles. The minimum atomic E-state index is -0.278. The Bertz CT molecular complexity index is 1090. The van der Waals surface area contributed by atoms with Crippen LogP contribution in [0.2, 0.25) is 0 Å². The van der Waals surface area contributed by atoms with Gasteiger partial charge in [-0.15, -0.1) is 0 Å². The van der Waals surface area contributed by atoms with Crippen molar-refractivity contribution in [1.29, 1.82) is 0 Å². The average Bonchev–Trinajstić information content (AvgIpc) is 3.17. The lowest BCUT2D eigenvalue weighted by atomic mass is 10.1. The summed E-state index contributed by atoms with van der Waals surface area (Å²) in [6.45, 7) is 8.52. The highest BCUT2D eigenvalue weighted by Gasteiger charge is 2.21. The molecule has 3 aromatic rings. The number of benzene rings is 1. The van der Waals surface area contributed by atoms with Crippen molar-refractivity contribution in [3.8, 4) is 0 Å². The number of aryl methyl sites for hydroxylation is 1. The van der Waals surface area contributed by atoms with E-state index in [0.29, 0.717) is 18.7 Å². The molecule has 0 saturated carbocycles. The number of methoxy groups -OCH3 is 1. The van der Waals surface area contributed by atoms with Crippen LogP contribution >= 0.6 is 0 Å². The summed E-state index contributed by atoms with van der Waals surface area (Å²) in [6.07, 6.45) is 3.24. The Kier molecular flexibility index (Phi) is 7.02. The number of hydrogen-bond donors (Lipinski definition) is 1. The normalized spacial score (nSPS) is 11.2. The summed E-state index contributed by atoms with van der Waals surface area (Å²) in [5.41, 5.74) is 3.97. The van der Waals surface area contributed by atoms with Gasteiger partial charge in [-0.05, 0) is 51.0 Å². The molecule has 2 amide bonds. The van der Waals surface area contributed by atoms with Gasteiger partial charge in [0.1, 0.15) is 6.54 Å². The first-order valence-electron chi connectivity index (χ1n) is 10.3. The first kappa shape index (κ1) is 22.4. The van der Waals surface area contributed by atoms with Gasteiger partial charge >= 0.3 is 0 Å². The molecule has 8 nitrogen and oxygen atoms in total. The molecule has 0 aliphatic carbocycles. The van der Waals surface area contributed by atoms with Crippen molar-refractivity contribution in [3.63, 3.8) is 0 Å². The molecule has 164 valence electrons. The Labute approximate surface area is 182 Å². The van der Waals surface area contributed by atoms with Gasteiger partial charge in [-0.3, -0.25) is 9.59 Å². The Balaban J connectivity index is 1.79. The largest absolute Gasteiger partial charge is 0.383 e. The van der Waals surface area contributed by atoms with Crippen molar-refractivity contribution in [3.05, 3.63) is 53.3 Å². The molecule has 0 aliphatic heterocycles. The first-order valence-corrected chi connectivity index (χ1v) is 10.3. The van der Waals surface area contributed by atoms with Gasteiger partial charge in [0, 0.05) is 37.0 Å². The lowest BCUT2D eigenvalue weighted by Crippen LogP contribution is -2.40. The second-order valence-corrected chi connectivity index (χ2v) is 7.83. The SMILES string of the molecule is COCCN(CC(=O)Nc1cccc(C)c1C)C(=O)c1cnc2c(cnn2C(C)C)c1. The van der Waals surface area contributed by atoms with Crippen LogP contribution in [0.25, 0.3) is 11.0 Å². The molecule has 0 radical (unpaired) electrons. The number of nitrogens with one attached hydrogen (secondary N) is 1. The number of anilines is 1. The van der Waals surface area contributed by atoms with Crippen LogP contribution in [0.5, 0.6) is 0 Å². The average molecular weight is 424 g/mol. The highest BCUT2D eigenvalue weighted by molar-refractivity contribution is 6.01. The summed E-state index contributed by atoms with van der Waals surface area (Å²) >= 11 is 0. The second kappa shape index (κ2) is 9.70. The molecule has 0 unspecified atom stereocenters. The maximum absolute atomic E-state index is 13.2. The van der Waals surface area contributed by atoms with Gasteiger partial charge in [0.15, 0.2) is 5.65 Å². The van der Waals surface area contributed by atoms with Crippen LogP contribution in [0.4, 0.5) is 5.69 Å². The molecule has 3 rings (SSSR count). The Morgan fingerprint density at radius 1 is 1.23 bits per heavy atom. The van der Waals surface area contributed by atoms with Crippen LogP contribution in [0.15, 0.2) is 36.7 Å². The molecule has 1 N–H and O–H groups in total. The summed E-state index contributed by atoms with van der Waals surface area (Å²) in [5.74, 6) is -0.542. The van der Waals surface area contributed by atoms with Gasteiger partial charge < -0.3 is 15.0 Å². The van der Waals surface area contributed by atoms with Gasteiger partial charge in [0.25, 0.3) is 5.91 Å². The standard InChI is InChI=1S/C23H29N5O3/c1-15(2)28-22-18(13-25-28)11-19(12-24-22)23(30)27(9-10-31-5)14-21(29)26-20-8-6-7-16(3)17(20)4/h6-8,11-13,15H,9-10,14H2,1-5H3,(H,26,29). The lowest BCUT2D eigenvalue weighted by molar-refractivity contribution is -0.117. The molecule has 0 fully saturated rings. The highest BCUT2D eigenvalue weighted by atomic mass is 16.5. The fourth-order valence-electron chi connectivity index (χ4n) is 3.32. The predicted octanol–water partition coefficient (Wildman–Crippen LogP) is 3.36. The van der Waals surface area contributed by atoms with Gasteiger partial charge in [0.2, 0.25) is 5.91 Å². The van der Waals surface area contributed by atoms with E-state index in [4.69, 9.17) is 4.74 Å². The van der Waals surface area contributed by atoms with Gasteiger partial charge in [-0.2, -0.15) is 5.10 Å². The van der Waals surface area contributed by atoms with Crippen molar-refractivity contribution in [2.75, 3.05) is 32.1 Å². The number of nitrogens with zero attached hydrogens (tertiary/aromatic N) is 4. The number of carbonyl (C=O) groups excluding carboxylic acids is 2. The minimum absolute atomic E-state index is 0.0845. The molecule has 31 heavy (non-hydrogen) atoms. The summed E-state index contributed by atoms with van der Waals surface area (Å²) in [5, 5.41) is 8.04. The number of fused-ring (bicyclic) bond motifs is 1. The van der Waals surface area contributed by atoms with Crippen LogP contribution in [0.1, 0.15) is 41.4 Å². The monoisotopic (exact) mass is 423 g/mol. The van der Waals surface area contributed by atoms with Crippen molar-refractivity contribution in [2.45, 2.75) is 33.7 Å². The van der Waals surface area contributed by atoms with Crippen molar-refractivity contribution in [1.82, 2.24) is 19.7 Å². The third kappa shape index (κ3) is 5.08. The van der Waals surface area contributed by atoms with E-state index in [1.165, 1.54) is 11.1 Å². The Morgan fingerprint density at radius 3 is 2.71 bits per heavy atom. The molecule has 0 aliphatic rings. The maximum atomic E-state index is 13.2. The van der Waals surface area contributed by atoms with E-state index in [-0.39, 0.29) is 24.4 Å². The van der Waals surface area contributed by atoms with Crippen LogP contribution in [-0.2, 0) is 9.53 Å². The smallest absolute Gasteiger partial charge is 0.255 e. The van der Waals surface area contributed by atoms with E-state index in [0.717, 1.165) is 27.8 Å². The number of amides is 2. The third-order valence-corrected chi connectivity index (χ3v) is 5.24. The van der Waals surface area contributed by atoms with E-state index in [1.807, 2.05) is 50.6 Å². The number of aromatic nitrogens is 3. The van der Waals surface area contributed by atoms with Crippen LogP contribution < -0.4 is 5.32 Å². The summed E-state index contributed by atoms with van der Waals surface area (Å²) in [6, 6.07) is 7.66. The zero-order valence-electron chi connectivity index (χ0n) is 18.7. The molecule has 8 heteroatoms. The van der Waals surface area contributed by atoms with Gasteiger partial charge in [-0.1, -0.05) is 12.1 Å². The van der Waals surface area contributed by atoms with Gasteiger partial charge in [0.05, 0.1) is 18.4 Å². The van der Waals surface area contributed by atoms with Crippen LogP contribution in [-0.4, -0.2) is 58.3 Å². The summed E-state index contributed by atoms with van der Waals surface area (Å²) in [7, 11) is 1.56. The lowest BCUT2D eigenvalue weighted by Gasteiger charge is -2.22. The molecule has 1 aromatic carbocycles. The molecule has 0 bridgehead atoms. The second-order valence-electron chi connectivity index (χ2n) is 7.83. The molecular formula is C23H29N5O3. The van der Waals surface area contributed by atoms with E-state index >= 15 is 0 Å². The van der Waals surface area contributed by atoms with E-state index in [1.54, 1.807) is 19.4 Å². The number of rotatable bonds is 8. The van der Waals surface area contributed by atoms with E-state index in [2.05, 4.69) is 15.4 Å². The number of hydrogen-bond acceptors (Lipinski definition) is 5. The maximum Gasteiger partial charge on any atom is 0.255 e. The Hall–Kier alpha value is -3.26. The van der Waals surface area contributed by atoms with Crippen LogP contribution in [0.3, 0.4) is 0 Å². The zero-order valence-corrected chi connectivity index (χ0v) is 18.7. The predicted molar refractivity (Wildman–Crippen MR) is 120 cm³/mol. The number of ether oxygens (including phenoxy) is 1. The summed E-state index contributed by atoms with van der Waals surface area (Å²) < 4.78 is 6.95. The molecule has 2 aromatic heterocycles. The zero-order chi connectivity index (χ0) is 22.5. The van der Waals surface area contributed by atoms with Gasteiger partial charge in [-0.25, -0.2) is 9.67 Å². The van der Waals surface area contributed by atoms with Crippen molar-refractivity contribution >= 4 is 28.5 Å². The van der Waals surface area contributed by atoms with Crippen LogP contribution in [0, 0.1) is 13.8 Å². The van der Waals surface area contributed by atoms with Crippen molar-refractivity contribution < 1.29 is 14.3 Å².